The molecule has 0 aromatic carbocycles. The van der Waals surface area contributed by atoms with Gasteiger partial charge in [0.1, 0.15) is 0 Å². The third kappa shape index (κ3) is 4.28. The van der Waals surface area contributed by atoms with E-state index in [0.29, 0.717) is 13.2 Å². The summed E-state index contributed by atoms with van der Waals surface area (Å²) in [6.07, 6.45) is 3.96. The van der Waals surface area contributed by atoms with E-state index in [0.717, 1.165) is 32.2 Å². The highest BCUT2D eigenvalue weighted by Crippen LogP contribution is 2.38. The summed E-state index contributed by atoms with van der Waals surface area (Å²) in [6, 6.07) is 0. The molecule has 0 spiro atoms. The van der Waals surface area contributed by atoms with E-state index in [2.05, 4.69) is 4.90 Å². The van der Waals surface area contributed by atoms with Crippen molar-refractivity contribution < 1.29 is 14.6 Å². The number of aliphatic carboxylic acids is 1. The third-order valence-corrected chi connectivity index (χ3v) is 3.51. The fourth-order valence-electron chi connectivity index (χ4n) is 2.53. The summed E-state index contributed by atoms with van der Waals surface area (Å²) in [5.74, 6) is -0.633. The molecule has 1 rings (SSSR count). The number of ether oxygens (including phenoxy) is 1. The Bertz CT molecular complexity index is 247. The minimum atomic E-state index is -0.633. The molecule has 0 bridgehead atoms. The van der Waals surface area contributed by atoms with Gasteiger partial charge in [-0.2, -0.15) is 0 Å². The van der Waals surface area contributed by atoms with E-state index in [4.69, 9.17) is 4.74 Å². The molecule has 1 aliphatic carbocycles. The van der Waals surface area contributed by atoms with Gasteiger partial charge in [0, 0.05) is 13.1 Å². The molecule has 0 aromatic heterocycles. The number of hydrogen-bond acceptors (Lipinski definition) is 3. The number of rotatable bonds is 7. The van der Waals surface area contributed by atoms with Crippen LogP contribution in [0.4, 0.5) is 0 Å². The Morgan fingerprint density at radius 3 is 2.47 bits per heavy atom. The van der Waals surface area contributed by atoms with E-state index in [1.54, 1.807) is 0 Å². The predicted molar refractivity (Wildman–Crippen MR) is 67.1 cm³/mol. The zero-order valence-corrected chi connectivity index (χ0v) is 11.2. The summed E-state index contributed by atoms with van der Waals surface area (Å²) in [5, 5.41) is 9.37. The van der Waals surface area contributed by atoms with Crippen molar-refractivity contribution in [1.29, 1.82) is 0 Å². The summed E-state index contributed by atoms with van der Waals surface area (Å²) < 4.78 is 5.48. The van der Waals surface area contributed by atoms with Crippen molar-refractivity contribution in [3.63, 3.8) is 0 Å². The molecule has 1 fully saturated rings. The Morgan fingerprint density at radius 1 is 1.41 bits per heavy atom. The van der Waals surface area contributed by atoms with Crippen LogP contribution in [-0.4, -0.2) is 48.8 Å². The molecule has 0 amide bonds. The zero-order chi connectivity index (χ0) is 12.9. The van der Waals surface area contributed by atoms with Crippen molar-refractivity contribution in [1.82, 2.24) is 4.90 Å². The average molecular weight is 243 g/mol. The fourth-order valence-corrected chi connectivity index (χ4v) is 2.53. The van der Waals surface area contributed by atoms with Crippen LogP contribution in [0.15, 0.2) is 0 Å². The first kappa shape index (κ1) is 14.5. The van der Waals surface area contributed by atoms with Crippen LogP contribution in [0.1, 0.15) is 39.5 Å². The Hall–Kier alpha value is -0.610. The van der Waals surface area contributed by atoms with Gasteiger partial charge in [0.2, 0.25) is 0 Å². The van der Waals surface area contributed by atoms with Gasteiger partial charge in [-0.1, -0.05) is 12.8 Å². The molecule has 0 unspecified atom stereocenters. The van der Waals surface area contributed by atoms with Gasteiger partial charge in [-0.25, -0.2) is 0 Å². The molecule has 4 nitrogen and oxygen atoms in total. The second-order valence-corrected chi connectivity index (χ2v) is 5.45. The quantitative estimate of drug-likeness (QED) is 0.743. The van der Waals surface area contributed by atoms with E-state index in [-0.39, 0.29) is 6.10 Å². The Labute approximate surface area is 104 Å². The maximum absolute atomic E-state index is 11.4. The highest BCUT2D eigenvalue weighted by atomic mass is 16.5. The molecule has 1 saturated carbocycles. The van der Waals surface area contributed by atoms with E-state index >= 15 is 0 Å². The van der Waals surface area contributed by atoms with Gasteiger partial charge in [-0.15, -0.1) is 0 Å². The van der Waals surface area contributed by atoms with Crippen molar-refractivity contribution >= 4 is 5.97 Å². The highest BCUT2D eigenvalue weighted by molar-refractivity contribution is 5.75. The SMILES string of the molecule is CC(C)OCCN(C)CC1(C(=O)O)CCCC1. The lowest BCUT2D eigenvalue weighted by Gasteiger charge is -2.29. The Morgan fingerprint density at radius 2 is 2.00 bits per heavy atom. The molecule has 0 heterocycles. The van der Waals surface area contributed by atoms with Gasteiger partial charge in [-0.3, -0.25) is 4.79 Å². The van der Waals surface area contributed by atoms with Crippen LogP contribution in [0.25, 0.3) is 0 Å². The monoisotopic (exact) mass is 243 g/mol. The molecule has 1 aliphatic rings. The normalized spacial score (nSPS) is 19.1. The molecule has 100 valence electrons. The zero-order valence-electron chi connectivity index (χ0n) is 11.2. The van der Waals surface area contributed by atoms with Gasteiger partial charge < -0.3 is 14.7 Å². The average Bonchev–Trinajstić information content (AvgIpc) is 2.66. The summed E-state index contributed by atoms with van der Waals surface area (Å²) in [5.41, 5.74) is -0.507. The fraction of sp³-hybridized carbons (Fsp3) is 0.923. The maximum Gasteiger partial charge on any atom is 0.310 e. The number of carboxylic acid groups (broad SMARTS) is 1. The molecule has 0 atom stereocenters. The lowest BCUT2D eigenvalue weighted by molar-refractivity contribution is -0.149. The van der Waals surface area contributed by atoms with Gasteiger partial charge >= 0.3 is 5.97 Å². The molecule has 4 heteroatoms. The second kappa shape index (κ2) is 6.36. The van der Waals surface area contributed by atoms with Crippen LogP contribution in [0.5, 0.6) is 0 Å². The van der Waals surface area contributed by atoms with Crippen LogP contribution < -0.4 is 0 Å². The smallest absolute Gasteiger partial charge is 0.310 e. The molecule has 0 radical (unpaired) electrons. The number of hydrogen-bond donors (Lipinski definition) is 1. The maximum atomic E-state index is 11.4. The first-order valence-corrected chi connectivity index (χ1v) is 6.50. The lowest BCUT2D eigenvalue weighted by Crippen LogP contribution is -2.41. The lowest BCUT2D eigenvalue weighted by atomic mass is 9.86. The highest BCUT2D eigenvalue weighted by Gasteiger charge is 2.41. The summed E-state index contributed by atoms with van der Waals surface area (Å²) in [7, 11) is 1.98. The van der Waals surface area contributed by atoms with Gasteiger partial charge in [0.25, 0.3) is 0 Å². The van der Waals surface area contributed by atoms with Crippen LogP contribution in [0.2, 0.25) is 0 Å². The molecular formula is C13H25NO3. The van der Waals surface area contributed by atoms with Crippen molar-refractivity contribution in [2.75, 3.05) is 26.7 Å². The largest absolute Gasteiger partial charge is 0.481 e. The van der Waals surface area contributed by atoms with Crippen molar-refractivity contribution in [2.45, 2.75) is 45.6 Å². The summed E-state index contributed by atoms with van der Waals surface area (Å²) in [6.45, 7) is 6.13. The minimum Gasteiger partial charge on any atom is -0.481 e. The Balaban J connectivity index is 2.37. The van der Waals surface area contributed by atoms with Gasteiger partial charge in [0.05, 0.1) is 18.1 Å². The molecule has 0 saturated heterocycles. The summed E-state index contributed by atoms with van der Waals surface area (Å²) >= 11 is 0. The predicted octanol–water partition coefficient (Wildman–Crippen LogP) is 1.99. The van der Waals surface area contributed by atoms with Crippen molar-refractivity contribution in [3.8, 4) is 0 Å². The standard InChI is InChI=1S/C13H25NO3/c1-11(2)17-9-8-14(3)10-13(12(15)16)6-4-5-7-13/h11H,4-10H2,1-3H3,(H,15,16). The number of carboxylic acids is 1. The van der Waals surface area contributed by atoms with E-state index in [1.165, 1.54) is 0 Å². The van der Waals surface area contributed by atoms with E-state index in [9.17, 15) is 9.90 Å². The van der Waals surface area contributed by atoms with Crippen molar-refractivity contribution in [3.05, 3.63) is 0 Å². The molecular weight excluding hydrogens is 218 g/mol. The first-order chi connectivity index (χ1) is 7.96. The minimum absolute atomic E-state index is 0.239. The third-order valence-electron chi connectivity index (χ3n) is 3.51. The van der Waals surface area contributed by atoms with Crippen LogP contribution >= 0.6 is 0 Å². The van der Waals surface area contributed by atoms with E-state index < -0.39 is 11.4 Å². The topological polar surface area (TPSA) is 49.8 Å². The molecule has 1 N–H and O–H groups in total. The van der Waals surface area contributed by atoms with Crippen LogP contribution in [0.3, 0.4) is 0 Å². The number of likely N-dealkylation sites (N-methyl/N-ethyl adjacent to an activating group) is 1. The van der Waals surface area contributed by atoms with Gasteiger partial charge in [-0.05, 0) is 33.7 Å². The molecule has 17 heavy (non-hydrogen) atoms. The second-order valence-electron chi connectivity index (χ2n) is 5.45. The van der Waals surface area contributed by atoms with Crippen LogP contribution in [-0.2, 0) is 9.53 Å². The van der Waals surface area contributed by atoms with E-state index in [1.807, 2.05) is 20.9 Å². The molecule has 0 aliphatic heterocycles. The van der Waals surface area contributed by atoms with Crippen LogP contribution in [0, 0.1) is 5.41 Å². The number of nitrogens with zero attached hydrogens (tertiary/aromatic N) is 1. The van der Waals surface area contributed by atoms with Gasteiger partial charge in [0.15, 0.2) is 0 Å². The Kier molecular flexibility index (Phi) is 5.40. The first-order valence-electron chi connectivity index (χ1n) is 6.50. The molecule has 0 aromatic rings. The number of carbonyl (C=O) groups is 1. The van der Waals surface area contributed by atoms with Crippen molar-refractivity contribution in [2.24, 2.45) is 5.41 Å². The summed E-state index contributed by atoms with van der Waals surface area (Å²) in [4.78, 5) is 13.5.